The SMILES string of the molecule is [B]C1CCC(c2ccc(-c3ccc(C4CCC([B])CC4)cc3C)cc2)CC1. The first-order chi connectivity index (χ1) is 13.1. The van der Waals surface area contributed by atoms with Crippen molar-refractivity contribution in [1.82, 2.24) is 0 Å². The second kappa shape index (κ2) is 8.29. The minimum atomic E-state index is 0.417. The predicted octanol–water partition coefficient (Wildman–Crippen LogP) is 6.89. The van der Waals surface area contributed by atoms with Gasteiger partial charge in [0.25, 0.3) is 0 Å². The van der Waals surface area contributed by atoms with Crippen molar-refractivity contribution in [1.29, 1.82) is 0 Å². The molecule has 0 amide bonds. The van der Waals surface area contributed by atoms with Gasteiger partial charge in [-0.25, -0.2) is 0 Å². The predicted molar refractivity (Wildman–Crippen MR) is 118 cm³/mol. The zero-order valence-corrected chi connectivity index (χ0v) is 16.7. The van der Waals surface area contributed by atoms with Crippen molar-refractivity contribution in [2.75, 3.05) is 0 Å². The monoisotopic (exact) mass is 352 g/mol. The third kappa shape index (κ3) is 4.36. The molecule has 0 spiro atoms. The van der Waals surface area contributed by atoms with Gasteiger partial charge >= 0.3 is 0 Å². The maximum Gasteiger partial charge on any atom is 0.0699 e. The molecule has 4 rings (SSSR count). The molecular formula is C25H30B2. The van der Waals surface area contributed by atoms with Crippen molar-refractivity contribution < 1.29 is 0 Å². The fourth-order valence-corrected chi connectivity index (χ4v) is 5.10. The molecule has 136 valence electrons. The van der Waals surface area contributed by atoms with Crippen molar-refractivity contribution in [3.8, 4) is 11.1 Å². The second-order valence-electron chi connectivity index (χ2n) is 8.92. The van der Waals surface area contributed by atoms with Crippen LogP contribution in [0.25, 0.3) is 11.1 Å². The standard InChI is InChI=1S/C25H30B2/c1-17-16-22(20-8-13-24(27)14-9-20)10-15-25(17)21-4-2-18(3-5-21)19-6-11-23(26)12-7-19/h2-5,10,15-16,19-20,23-24H,6-9,11-14H2,1H3. The van der Waals surface area contributed by atoms with Gasteiger partial charge in [0, 0.05) is 0 Å². The molecule has 0 nitrogen and oxygen atoms in total. The maximum atomic E-state index is 6.07. The highest BCUT2D eigenvalue weighted by Crippen LogP contribution is 2.39. The lowest BCUT2D eigenvalue weighted by Gasteiger charge is -2.27. The number of rotatable bonds is 3. The van der Waals surface area contributed by atoms with E-state index in [0.717, 1.165) is 0 Å². The Morgan fingerprint density at radius 2 is 1.11 bits per heavy atom. The summed E-state index contributed by atoms with van der Waals surface area (Å²) in [6.45, 7) is 2.25. The summed E-state index contributed by atoms with van der Waals surface area (Å²) in [5.74, 6) is 2.22. The first kappa shape index (κ1) is 18.9. The summed E-state index contributed by atoms with van der Waals surface area (Å²) in [6.07, 6.45) is 9.61. The van der Waals surface area contributed by atoms with Crippen molar-refractivity contribution >= 4 is 15.7 Å². The van der Waals surface area contributed by atoms with Gasteiger partial charge in [0.15, 0.2) is 0 Å². The van der Waals surface area contributed by atoms with E-state index in [2.05, 4.69) is 49.4 Å². The van der Waals surface area contributed by atoms with Gasteiger partial charge in [-0.05, 0) is 72.3 Å². The summed E-state index contributed by atoms with van der Waals surface area (Å²) in [7, 11) is 12.1. The average Bonchev–Trinajstić information content (AvgIpc) is 2.69. The molecule has 0 aliphatic heterocycles. The lowest BCUT2D eigenvalue weighted by molar-refractivity contribution is 0.444. The molecule has 2 aliphatic rings. The molecule has 0 atom stereocenters. The first-order valence-electron chi connectivity index (χ1n) is 10.8. The van der Waals surface area contributed by atoms with Crippen LogP contribution in [0.4, 0.5) is 0 Å². The minimum absolute atomic E-state index is 0.417. The molecule has 2 heteroatoms. The number of aryl methyl sites for hydroxylation is 1. The molecule has 0 aromatic heterocycles. The van der Waals surface area contributed by atoms with Crippen molar-refractivity contribution in [2.45, 2.75) is 81.8 Å². The van der Waals surface area contributed by atoms with E-state index < -0.39 is 0 Å². The largest absolute Gasteiger partial charge is 0.0773 e. The van der Waals surface area contributed by atoms with Crippen molar-refractivity contribution in [3.63, 3.8) is 0 Å². The van der Waals surface area contributed by atoms with Crippen LogP contribution in [-0.4, -0.2) is 15.7 Å². The Kier molecular flexibility index (Phi) is 5.81. The minimum Gasteiger partial charge on any atom is -0.0773 e. The molecule has 2 aromatic rings. The Balaban J connectivity index is 1.48. The lowest BCUT2D eigenvalue weighted by Crippen LogP contribution is -2.10. The normalized spacial score (nSPS) is 28.8. The van der Waals surface area contributed by atoms with Crippen LogP contribution in [-0.2, 0) is 0 Å². The van der Waals surface area contributed by atoms with Gasteiger partial charge in [0.1, 0.15) is 0 Å². The van der Waals surface area contributed by atoms with Gasteiger partial charge in [-0.15, -0.1) is 0 Å². The van der Waals surface area contributed by atoms with E-state index in [9.17, 15) is 0 Å². The first-order valence-corrected chi connectivity index (χ1v) is 10.8. The topological polar surface area (TPSA) is 0 Å². The second-order valence-corrected chi connectivity index (χ2v) is 8.92. The van der Waals surface area contributed by atoms with Crippen molar-refractivity contribution in [2.24, 2.45) is 0 Å². The third-order valence-corrected chi connectivity index (χ3v) is 6.96. The van der Waals surface area contributed by atoms with E-state index in [1.165, 1.54) is 79.2 Å². The van der Waals surface area contributed by atoms with Crippen LogP contribution in [0.1, 0.15) is 79.9 Å². The molecule has 0 heterocycles. The zero-order chi connectivity index (χ0) is 18.8. The van der Waals surface area contributed by atoms with E-state index in [1.54, 1.807) is 0 Å². The number of hydrogen-bond acceptors (Lipinski definition) is 0. The quantitative estimate of drug-likeness (QED) is 0.528. The van der Waals surface area contributed by atoms with Gasteiger partial charge in [-0.3, -0.25) is 0 Å². The van der Waals surface area contributed by atoms with Gasteiger partial charge in [-0.1, -0.05) is 79.8 Å². The molecule has 0 N–H and O–H groups in total. The summed E-state index contributed by atoms with van der Waals surface area (Å²) < 4.78 is 0. The Morgan fingerprint density at radius 3 is 1.63 bits per heavy atom. The summed E-state index contributed by atoms with van der Waals surface area (Å²) in [4.78, 5) is 0. The van der Waals surface area contributed by atoms with Crippen LogP contribution in [0, 0.1) is 6.92 Å². The van der Waals surface area contributed by atoms with Crippen LogP contribution < -0.4 is 0 Å². The Bertz CT molecular complexity index is 748. The molecular weight excluding hydrogens is 322 g/mol. The van der Waals surface area contributed by atoms with E-state index in [-0.39, 0.29) is 0 Å². The molecule has 0 unspecified atom stereocenters. The Labute approximate surface area is 168 Å². The van der Waals surface area contributed by atoms with Crippen LogP contribution in [0.5, 0.6) is 0 Å². The highest BCUT2D eigenvalue weighted by atomic mass is 14.2. The maximum absolute atomic E-state index is 6.07. The van der Waals surface area contributed by atoms with Crippen LogP contribution in [0.15, 0.2) is 42.5 Å². The Morgan fingerprint density at radius 1 is 0.630 bits per heavy atom. The van der Waals surface area contributed by atoms with Crippen LogP contribution in [0.2, 0.25) is 11.6 Å². The third-order valence-electron chi connectivity index (χ3n) is 6.96. The van der Waals surface area contributed by atoms with Gasteiger partial charge < -0.3 is 0 Å². The molecule has 2 saturated carbocycles. The zero-order valence-electron chi connectivity index (χ0n) is 16.7. The summed E-state index contributed by atoms with van der Waals surface area (Å²) in [5, 5.41) is 0. The lowest BCUT2D eigenvalue weighted by atomic mass is 9.70. The molecule has 27 heavy (non-hydrogen) atoms. The van der Waals surface area contributed by atoms with E-state index in [1.807, 2.05) is 0 Å². The van der Waals surface area contributed by atoms with E-state index in [4.69, 9.17) is 15.7 Å². The fraction of sp³-hybridized carbons (Fsp3) is 0.520. The van der Waals surface area contributed by atoms with Crippen LogP contribution in [0.3, 0.4) is 0 Å². The van der Waals surface area contributed by atoms with Gasteiger partial charge in [0.05, 0.1) is 15.7 Å². The number of benzene rings is 2. The molecule has 4 radical (unpaired) electrons. The van der Waals surface area contributed by atoms with Crippen molar-refractivity contribution in [3.05, 3.63) is 59.2 Å². The molecule has 0 saturated heterocycles. The summed E-state index contributed by atoms with van der Waals surface area (Å²) in [6, 6.07) is 16.4. The molecule has 2 aliphatic carbocycles. The molecule has 2 aromatic carbocycles. The molecule has 0 bridgehead atoms. The fourth-order valence-electron chi connectivity index (χ4n) is 5.10. The average molecular weight is 352 g/mol. The smallest absolute Gasteiger partial charge is 0.0699 e. The van der Waals surface area contributed by atoms with E-state index in [0.29, 0.717) is 23.5 Å². The highest BCUT2D eigenvalue weighted by molar-refractivity contribution is 6.11. The van der Waals surface area contributed by atoms with Crippen LogP contribution >= 0.6 is 0 Å². The number of hydrogen-bond donors (Lipinski definition) is 0. The summed E-state index contributed by atoms with van der Waals surface area (Å²) in [5.41, 5.74) is 7.07. The van der Waals surface area contributed by atoms with Gasteiger partial charge in [0.2, 0.25) is 0 Å². The van der Waals surface area contributed by atoms with E-state index >= 15 is 0 Å². The van der Waals surface area contributed by atoms with Gasteiger partial charge in [-0.2, -0.15) is 0 Å². The molecule has 2 fully saturated rings. The summed E-state index contributed by atoms with van der Waals surface area (Å²) >= 11 is 0. The highest BCUT2D eigenvalue weighted by Gasteiger charge is 2.21. The Hall–Kier alpha value is -1.43.